The van der Waals surface area contributed by atoms with Crippen LogP contribution in [0.2, 0.25) is 0 Å². The van der Waals surface area contributed by atoms with Gasteiger partial charge in [-0.1, -0.05) is 25.1 Å². The Morgan fingerprint density at radius 3 is 2.83 bits per heavy atom. The first-order valence-electron chi connectivity index (χ1n) is 5.90. The normalized spacial score (nSPS) is 12.6. The lowest BCUT2D eigenvalue weighted by Gasteiger charge is -2.12. The number of thioether (sulfide) groups is 1. The number of hydrogen-bond donors (Lipinski definition) is 1. The van der Waals surface area contributed by atoms with Crippen molar-refractivity contribution in [2.24, 2.45) is 0 Å². The Hall–Kier alpha value is -0.840. The molecule has 0 spiro atoms. The van der Waals surface area contributed by atoms with Gasteiger partial charge in [0.2, 0.25) is 0 Å². The first-order chi connectivity index (χ1) is 8.75. The van der Waals surface area contributed by atoms with Crippen molar-refractivity contribution in [3.8, 4) is 0 Å². The van der Waals surface area contributed by atoms with Crippen LogP contribution in [0.5, 0.6) is 0 Å². The van der Waals surface area contributed by atoms with Crippen LogP contribution in [0.3, 0.4) is 0 Å². The molecule has 1 nitrogen and oxygen atoms in total. The highest BCUT2D eigenvalue weighted by Gasteiger charge is 2.07. The molecule has 2 rings (SSSR count). The number of nitrogens with one attached hydrogen (secondary N) is 1. The molecule has 1 aromatic carbocycles. The molecule has 1 aromatic heterocycles. The van der Waals surface area contributed by atoms with Crippen LogP contribution in [0.4, 0.5) is 4.39 Å². The van der Waals surface area contributed by atoms with Gasteiger partial charge in [-0.25, -0.2) is 4.39 Å². The van der Waals surface area contributed by atoms with Crippen molar-refractivity contribution < 1.29 is 4.39 Å². The summed E-state index contributed by atoms with van der Waals surface area (Å²) in [4.78, 5) is 2.06. The molecule has 0 bridgehead atoms. The number of halogens is 1. The van der Waals surface area contributed by atoms with E-state index in [1.165, 1.54) is 10.9 Å². The molecule has 2 aromatic rings. The van der Waals surface area contributed by atoms with Crippen LogP contribution in [0.15, 0.2) is 46.7 Å². The first kappa shape index (κ1) is 13.6. The van der Waals surface area contributed by atoms with Gasteiger partial charge in [0, 0.05) is 28.1 Å². The highest BCUT2D eigenvalue weighted by molar-refractivity contribution is 8.00. The molecule has 0 amide bonds. The van der Waals surface area contributed by atoms with E-state index >= 15 is 0 Å². The number of benzene rings is 1. The average molecular weight is 281 g/mol. The van der Waals surface area contributed by atoms with Crippen molar-refractivity contribution >= 4 is 23.1 Å². The molecule has 4 heteroatoms. The van der Waals surface area contributed by atoms with E-state index in [-0.39, 0.29) is 5.82 Å². The van der Waals surface area contributed by atoms with Crippen LogP contribution >= 0.6 is 23.1 Å². The summed E-state index contributed by atoms with van der Waals surface area (Å²) in [5, 5.41) is 5.82. The van der Waals surface area contributed by atoms with Crippen molar-refractivity contribution in [3.63, 3.8) is 0 Å². The summed E-state index contributed by atoms with van der Waals surface area (Å²) in [5.74, 6) is -0.132. The van der Waals surface area contributed by atoms with Crippen LogP contribution in [-0.4, -0.2) is 11.8 Å². The summed E-state index contributed by atoms with van der Waals surface area (Å²) in [6.45, 7) is 3.87. The van der Waals surface area contributed by atoms with Gasteiger partial charge in [0.1, 0.15) is 5.82 Å². The molecule has 18 heavy (non-hydrogen) atoms. The minimum absolute atomic E-state index is 0.132. The maximum absolute atomic E-state index is 13.5. The van der Waals surface area contributed by atoms with Crippen LogP contribution in [-0.2, 0) is 6.54 Å². The molecule has 0 radical (unpaired) electrons. The van der Waals surface area contributed by atoms with Gasteiger partial charge in [0.25, 0.3) is 0 Å². The Bertz CT molecular complexity index is 470. The van der Waals surface area contributed by atoms with E-state index < -0.39 is 0 Å². The van der Waals surface area contributed by atoms with E-state index in [9.17, 15) is 4.39 Å². The topological polar surface area (TPSA) is 12.0 Å². The smallest absolute Gasteiger partial charge is 0.136 e. The van der Waals surface area contributed by atoms with Crippen LogP contribution in [0.25, 0.3) is 0 Å². The fraction of sp³-hybridized carbons (Fsp3) is 0.286. The molecule has 1 unspecified atom stereocenters. The Balaban J connectivity index is 1.75. The number of rotatable bonds is 6. The average Bonchev–Trinajstić information content (AvgIpc) is 2.85. The highest BCUT2D eigenvalue weighted by Crippen LogP contribution is 2.25. The van der Waals surface area contributed by atoms with Crippen molar-refractivity contribution in [3.05, 3.63) is 52.5 Å². The van der Waals surface area contributed by atoms with E-state index in [2.05, 4.69) is 29.8 Å². The lowest BCUT2D eigenvalue weighted by Crippen LogP contribution is -2.21. The summed E-state index contributed by atoms with van der Waals surface area (Å²) in [5.41, 5.74) is 0. The minimum atomic E-state index is -0.132. The molecule has 0 saturated heterocycles. The quantitative estimate of drug-likeness (QED) is 0.798. The molecule has 0 aliphatic rings. The zero-order valence-electron chi connectivity index (χ0n) is 10.2. The van der Waals surface area contributed by atoms with Gasteiger partial charge >= 0.3 is 0 Å². The third-order valence-electron chi connectivity index (χ3n) is 2.48. The predicted octanol–water partition coefficient (Wildman–Crippen LogP) is 4.16. The highest BCUT2D eigenvalue weighted by atomic mass is 32.2. The maximum atomic E-state index is 13.5. The fourth-order valence-electron chi connectivity index (χ4n) is 1.61. The second kappa shape index (κ2) is 6.92. The van der Waals surface area contributed by atoms with E-state index in [1.807, 2.05) is 12.1 Å². The Labute approximate surface area is 115 Å². The summed E-state index contributed by atoms with van der Waals surface area (Å²) < 4.78 is 13.5. The Morgan fingerprint density at radius 2 is 2.11 bits per heavy atom. The van der Waals surface area contributed by atoms with Gasteiger partial charge in [-0.15, -0.1) is 23.1 Å². The summed E-state index contributed by atoms with van der Waals surface area (Å²) in [6.07, 6.45) is 0. The van der Waals surface area contributed by atoms with Gasteiger partial charge in [-0.3, -0.25) is 0 Å². The molecular formula is C14H16FNS2. The monoisotopic (exact) mass is 281 g/mol. The van der Waals surface area contributed by atoms with Gasteiger partial charge in [-0.05, 0) is 23.6 Å². The zero-order valence-corrected chi connectivity index (χ0v) is 11.9. The van der Waals surface area contributed by atoms with Gasteiger partial charge in [0.15, 0.2) is 0 Å². The number of thiophene rings is 1. The van der Waals surface area contributed by atoms with Crippen LogP contribution < -0.4 is 5.32 Å². The fourth-order valence-corrected chi connectivity index (χ4v) is 3.26. The second-order valence-electron chi connectivity index (χ2n) is 4.07. The largest absolute Gasteiger partial charge is 0.311 e. The molecule has 96 valence electrons. The molecule has 0 fully saturated rings. The maximum Gasteiger partial charge on any atom is 0.136 e. The third kappa shape index (κ3) is 4.12. The second-order valence-corrected chi connectivity index (χ2v) is 6.58. The predicted molar refractivity (Wildman–Crippen MR) is 77.7 cm³/mol. The van der Waals surface area contributed by atoms with E-state index in [1.54, 1.807) is 29.2 Å². The van der Waals surface area contributed by atoms with Crippen molar-refractivity contribution in [1.29, 1.82) is 0 Å². The summed E-state index contributed by atoms with van der Waals surface area (Å²) in [6, 6.07) is 11.1. The van der Waals surface area contributed by atoms with Gasteiger partial charge < -0.3 is 5.32 Å². The van der Waals surface area contributed by atoms with E-state index in [4.69, 9.17) is 0 Å². The van der Waals surface area contributed by atoms with Crippen molar-refractivity contribution in [2.75, 3.05) is 6.54 Å². The van der Waals surface area contributed by atoms with E-state index in [0.717, 1.165) is 18.0 Å². The summed E-state index contributed by atoms with van der Waals surface area (Å²) >= 11 is 3.33. The van der Waals surface area contributed by atoms with Crippen molar-refractivity contribution in [1.82, 2.24) is 5.32 Å². The lowest BCUT2D eigenvalue weighted by atomic mass is 10.3. The molecule has 1 atom stereocenters. The molecule has 1 heterocycles. The Morgan fingerprint density at radius 1 is 1.28 bits per heavy atom. The zero-order chi connectivity index (χ0) is 12.8. The van der Waals surface area contributed by atoms with Gasteiger partial charge in [0.05, 0.1) is 0 Å². The summed E-state index contributed by atoms with van der Waals surface area (Å²) in [7, 11) is 0. The molecule has 0 saturated carbocycles. The minimum Gasteiger partial charge on any atom is -0.311 e. The van der Waals surface area contributed by atoms with Crippen LogP contribution in [0, 0.1) is 5.82 Å². The SMILES string of the molecule is CC(CNCc1cccs1)Sc1ccccc1F. The van der Waals surface area contributed by atoms with E-state index in [0.29, 0.717) is 5.25 Å². The molecule has 1 N–H and O–H groups in total. The molecule has 0 aliphatic heterocycles. The standard InChI is InChI=1S/C14H16FNS2/c1-11(9-16-10-12-5-4-8-17-12)18-14-7-3-2-6-13(14)15/h2-8,11,16H,9-10H2,1H3. The Kier molecular flexibility index (Phi) is 5.23. The molecular weight excluding hydrogens is 265 g/mol. The first-order valence-corrected chi connectivity index (χ1v) is 7.66. The third-order valence-corrected chi connectivity index (χ3v) is 4.51. The van der Waals surface area contributed by atoms with Crippen LogP contribution in [0.1, 0.15) is 11.8 Å². The lowest BCUT2D eigenvalue weighted by molar-refractivity contribution is 0.601. The number of hydrogen-bond acceptors (Lipinski definition) is 3. The van der Waals surface area contributed by atoms with Gasteiger partial charge in [-0.2, -0.15) is 0 Å². The van der Waals surface area contributed by atoms with Crippen molar-refractivity contribution in [2.45, 2.75) is 23.6 Å². The molecule has 0 aliphatic carbocycles.